The topological polar surface area (TPSA) is 35.5 Å². The predicted octanol–water partition coefficient (Wildman–Crippen LogP) is 3.19. The summed E-state index contributed by atoms with van der Waals surface area (Å²) in [5.41, 5.74) is 2.84. The normalized spacial score (nSPS) is 11.2. The van der Waals surface area contributed by atoms with Crippen molar-refractivity contribution in [2.45, 2.75) is 27.2 Å². The standard InChI is InChI=1S/C15H20O3/c1-5-13(15(16)17-4)9-10-18-14-11(2)7-6-8-12(14)3/h6-9H,5,10H2,1-4H3. The zero-order valence-electron chi connectivity index (χ0n) is 11.4. The second kappa shape index (κ2) is 6.84. The zero-order valence-corrected chi connectivity index (χ0v) is 11.4. The number of carbonyl (C=O) groups is 1. The summed E-state index contributed by atoms with van der Waals surface area (Å²) >= 11 is 0. The smallest absolute Gasteiger partial charge is 0.333 e. The van der Waals surface area contributed by atoms with Crippen LogP contribution < -0.4 is 4.74 Å². The molecule has 0 unspecified atom stereocenters. The van der Waals surface area contributed by atoms with E-state index >= 15 is 0 Å². The van der Waals surface area contributed by atoms with Gasteiger partial charge in [0, 0.05) is 5.57 Å². The van der Waals surface area contributed by atoms with Gasteiger partial charge in [0.05, 0.1) is 7.11 Å². The van der Waals surface area contributed by atoms with Crippen LogP contribution in [0.2, 0.25) is 0 Å². The summed E-state index contributed by atoms with van der Waals surface area (Å²) in [6.07, 6.45) is 2.42. The molecule has 3 heteroatoms. The maximum Gasteiger partial charge on any atom is 0.333 e. The van der Waals surface area contributed by atoms with E-state index in [9.17, 15) is 4.79 Å². The van der Waals surface area contributed by atoms with Crippen molar-refractivity contribution in [1.29, 1.82) is 0 Å². The van der Waals surface area contributed by atoms with E-state index in [0.717, 1.165) is 16.9 Å². The van der Waals surface area contributed by atoms with Gasteiger partial charge in [0.2, 0.25) is 0 Å². The second-order valence-electron chi connectivity index (χ2n) is 4.11. The maximum absolute atomic E-state index is 11.4. The quantitative estimate of drug-likeness (QED) is 0.593. The molecule has 0 N–H and O–H groups in total. The fourth-order valence-corrected chi connectivity index (χ4v) is 1.76. The third-order valence-electron chi connectivity index (χ3n) is 2.79. The number of rotatable bonds is 5. The van der Waals surface area contributed by atoms with Crippen LogP contribution in [-0.4, -0.2) is 19.7 Å². The molecule has 0 heterocycles. The number of hydrogen-bond donors (Lipinski definition) is 0. The molecule has 0 saturated heterocycles. The van der Waals surface area contributed by atoms with Crippen molar-refractivity contribution in [2.75, 3.05) is 13.7 Å². The van der Waals surface area contributed by atoms with Crippen molar-refractivity contribution < 1.29 is 14.3 Å². The molecule has 98 valence electrons. The molecule has 0 atom stereocenters. The molecule has 1 rings (SSSR count). The minimum absolute atomic E-state index is 0.289. The van der Waals surface area contributed by atoms with E-state index in [0.29, 0.717) is 18.6 Å². The van der Waals surface area contributed by atoms with Crippen molar-refractivity contribution >= 4 is 5.97 Å². The number of carbonyl (C=O) groups excluding carboxylic acids is 1. The average Bonchev–Trinajstić information content (AvgIpc) is 2.37. The summed E-state index contributed by atoms with van der Waals surface area (Å²) in [7, 11) is 1.39. The lowest BCUT2D eigenvalue weighted by Crippen LogP contribution is -2.06. The van der Waals surface area contributed by atoms with Gasteiger partial charge in [-0.05, 0) is 37.5 Å². The van der Waals surface area contributed by atoms with E-state index in [1.807, 2.05) is 39.0 Å². The Morgan fingerprint density at radius 3 is 2.39 bits per heavy atom. The minimum atomic E-state index is -0.289. The van der Waals surface area contributed by atoms with Crippen LogP contribution in [0.25, 0.3) is 0 Å². The van der Waals surface area contributed by atoms with Crippen molar-refractivity contribution in [2.24, 2.45) is 0 Å². The first-order chi connectivity index (χ1) is 8.60. The van der Waals surface area contributed by atoms with Gasteiger partial charge in [-0.2, -0.15) is 0 Å². The molecule has 0 aliphatic carbocycles. The Balaban J connectivity index is 2.71. The van der Waals surface area contributed by atoms with Crippen LogP contribution in [0, 0.1) is 13.8 Å². The lowest BCUT2D eigenvalue weighted by Gasteiger charge is -2.10. The van der Waals surface area contributed by atoms with E-state index in [2.05, 4.69) is 0 Å². The average molecular weight is 248 g/mol. The van der Waals surface area contributed by atoms with E-state index < -0.39 is 0 Å². The second-order valence-corrected chi connectivity index (χ2v) is 4.11. The first kappa shape index (κ1) is 14.3. The molecule has 0 aliphatic rings. The summed E-state index contributed by atoms with van der Waals surface area (Å²) < 4.78 is 10.4. The van der Waals surface area contributed by atoms with E-state index in [4.69, 9.17) is 9.47 Å². The fraction of sp³-hybridized carbons (Fsp3) is 0.400. The molecule has 1 aromatic rings. The summed E-state index contributed by atoms with van der Waals surface area (Å²) in [5.74, 6) is 0.594. The molecule has 0 radical (unpaired) electrons. The van der Waals surface area contributed by atoms with E-state index in [-0.39, 0.29) is 5.97 Å². The molecule has 0 aliphatic heterocycles. The third-order valence-corrected chi connectivity index (χ3v) is 2.79. The molecule has 0 aromatic heterocycles. The van der Waals surface area contributed by atoms with Crippen LogP contribution >= 0.6 is 0 Å². The highest BCUT2D eigenvalue weighted by molar-refractivity contribution is 5.88. The van der Waals surface area contributed by atoms with Crippen molar-refractivity contribution in [3.8, 4) is 5.75 Å². The van der Waals surface area contributed by atoms with Gasteiger partial charge >= 0.3 is 5.97 Å². The number of aryl methyl sites for hydroxylation is 2. The van der Waals surface area contributed by atoms with Gasteiger partial charge in [-0.1, -0.05) is 25.1 Å². The van der Waals surface area contributed by atoms with Gasteiger partial charge in [-0.3, -0.25) is 0 Å². The molecule has 0 amide bonds. The van der Waals surface area contributed by atoms with Crippen molar-refractivity contribution in [1.82, 2.24) is 0 Å². The van der Waals surface area contributed by atoms with Crippen LogP contribution in [0.1, 0.15) is 24.5 Å². The third kappa shape index (κ3) is 3.62. The number of esters is 1. The summed E-state index contributed by atoms with van der Waals surface area (Å²) in [6, 6.07) is 6.01. The summed E-state index contributed by atoms with van der Waals surface area (Å²) in [6.45, 7) is 6.31. The largest absolute Gasteiger partial charge is 0.489 e. The molecular weight excluding hydrogens is 228 g/mol. The van der Waals surface area contributed by atoms with Crippen LogP contribution in [0.3, 0.4) is 0 Å². The highest BCUT2D eigenvalue weighted by Gasteiger charge is 2.07. The maximum atomic E-state index is 11.4. The SMILES string of the molecule is CCC(=CCOc1c(C)cccc1C)C(=O)OC. The Labute approximate surface area is 108 Å². The van der Waals surface area contributed by atoms with Gasteiger partial charge < -0.3 is 9.47 Å². The van der Waals surface area contributed by atoms with Crippen LogP contribution in [0.5, 0.6) is 5.75 Å². The van der Waals surface area contributed by atoms with Gasteiger partial charge in [0.1, 0.15) is 12.4 Å². The first-order valence-electron chi connectivity index (χ1n) is 6.06. The van der Waals surface area contributed by atoms with Gasteiger partial charge in [-0.15, -0.1) is 0 Å². The summed E-state index contributed by atoms with van der Waals surface area (Å²) in [4.78, 5) is 11.4. The van der Waals surface area contributed by atoms with Gasteiger partial charge in [0.25, 0.3) is 0 Å². The zero-order chi connectivity index (χ0) is 13.5. The fourth-order valence-electron chi connectivity index (χ4n) is 1.76. The van der Waals surface area contributed by atoms with Gasteiger partial charge in [0.15, 0.2) is 0 Å². The Hall–Kier alpha value is -1.77. The highest BCUT2D eigenvalue weighted by Crippen LogP contribution is 2.22. The Kier molecular flexibility index (Phi) is 5.43. The van der Waals surface area contributed by atoms with Gasteiger partial charge in [-0.25, -0.2) is 4.79 Å². The molecule has 0 fully saturated rings. The van der Waals surface area contributed by atoms with Crippen LogP contribution in [-0.2, 0) is 9.53 Å². The number of methoxy groups -OCH3 is 1. The lowest BCUT2D eigenvalue weighted by atomic mass is 10.1. The molecule has 0 bridgehead atoms. The van der Waals surface area contributed by atoms with Crippen LogP contribution in [0.15, 0.2) is 29.8 Å². The molecule has 0 saturated carbocycles. The van der Waals surface area contributed by atoms with E-state index in [1.54, 1.807) is 6.08 Å². The number of ether oxygens (including phenoxy) is 2. The Morgan fingerprint density at radius 1 is 1.28 bits per heavy atom. The van der Waals surface area contributed by atoms with E-state index in [1.165, 1.54) is 7.11 Å². The number of para-hydroxylation sites is 1. The number of benzene rings is 1. The van der Waals surface area contributed by atoms with Crippen molar-refractivity contribution in [3.63, 3.8) is 0 Å². The predicted molar refractivity (Wildman–Crippen MR) is 71.8 cm³/mol. The van der Waals surface area contributed by atoms with Crippen molar-refractivity contribution in [3.05, 3.63) is 41.0 Å². The summed E-state index contributed by atoms with van der Waals surface area (Å²) in [5, 5.41) is 0. The molecule has 0 spiro atoms. The Morgan fingerprint density at radius 2 is 1.89 bits per heavy atom. The highest BCUT2D eigenvalue weighted by atomic mass is 16.5. The molecule has 1 aromatic carbocycles. The first-order valence-corrected chi connectivity index (χ1v) is 6.06. The number of hydrogen-bond acceptors (Lipinski definition) is 3. The molecule has 3 nitrogen and oxygen atoms in total. The molecular formula is C15H20O3. The monoisotopic (exact) mass is 248 g/mol. The van der Waals surface area contributed by atoms with Crippen LogP contribution in [0.4, 0.5) is 0 Å². The molecule has 18 heavy (non-hydrogen) atoms. The lowest BCUT2D eigenvalue weighted by molar-refractivity contribution is -0.136. The Bertz CT molecular complexity index is 427. The minimum Gasteiger partial charge on any atom is -0.489 e.